The molecule has 0 aliphatic heterocycles. The highest BCUT2D eigenvalue weighted by Crippen LogP contribution is 2.31. The molecule has 186 valence electrons. The second kappa shape index (κ2) is 13.5. The zero-order valence-electron chi connectivity index (χ0n) is 20.4. The van der Waals surface area contributed by atoms with Gasteiger partial charge >= 0.3 is 7.40 Å². The zero-order valence-corrected chi connectivity index (χ0v) is 20.3. The van der Waals surface area contributed by atoms with Gasteiger partial charge in [0.25, 0.3) is 0 Å². The lowest BCUT2D eigenvalue weighted by Crippen LogP contribution is -2.19. The molecule has 0 heterocycles. The van der Waals surface area contributed by atoms with Crippen LogP contribution in [0.2, 0.25) is 0 Å². The van der Waals surface area contributed by atoms with E-state index >= 15 is 0 Å². The van der Waals surface area contributed by atoms with E-state index in [4.69, 9.17) is 19.1 Å². The highest BCUT2D eigenvalue weighted by Gasteiger charge is 2.14. The van der Waals surface area contributed by atoms with Gasteiger partial charge in [-0.05, 0) is 41.8 Å². The van der Waals surface area contributed by atoms with Crippen LogP contribution >= 0.6 is 7.60 Å². The third-order valence-electron chi connectivity index (χ3n) is 4.65. The first-order valence-electron chi connectivity index (χ1n) is 10.7. The van der Waals surface area contributed by atoms with Gasteiger partial charge in [-0.25, -0.2) is 0 Å². The van der Waals surface area contributed by atoms with Gasteiger partial charge in [-0.1, -0.05) is 72.8 Å². The normalized spacial score (nSPS) is 13.3. The van der Waals surface area contributed by atoms with Gasteiger partial charge in [0.1, 0.15) is 33.1 Å². The molecule has 35 heavy (non-hydrogen) atoms. The largest absolute Gasteiger partial charge is 1.00 e. The Labute approximate surface area is 206 Å². The van der Waals surface area contributed by atoms with Crippen molar-refractivity contribution in [2.24, 2.45) is 0 Å². The summed E-state index contributed by atoms with van der Waals surface area (Å²) in [6.45, 7) is 2.34. The monoisotopic (exact) mass is 499 g/mol. The fourth-order valence-corrected chi connectivity index (χ4v) is 3.43. The number of hydrogen-bond acceptors (Lipinski definition) is 7. The molecule has 2 atom stereocenters. The Morgan fingerprint density at radius 1 is 0.971 bits per heavy atom. The van der Waals surface area contributed by atoms with Crippen molar-refractivity contribution in [3.05, 3.63) is 102 Å². The SMILES string of the molecule is CC(/C=C/c1ccc(OCc2ccccc2)c(OCc2ccccc2)c1)OC(=O)CP(=O)([O-])O.N.[H+]. The fraction of sp³-hybridized carbons (Fsp3) is 0.192. The highest BCUT2D eigenvalue weighted by atomic mass is 31.2. The van der Waals surface area contributed by atoms with Crippen molar-refractivity contribution in [3.8, 4) is 11.5 Å². The topological polar surface area (TPSA) is 140 Å². The molecular weight excluding hydrogens is 469 g/mol. The van der Waals surface area contributed by atoms with Gasteiger partial charge in [0.2, 0.25) is 0 Å². The average Bonchev–Trinajstić information content (AvgIpc) is 2.80. The molecule has 4 N–H and O–H groups in total. The Kier molecular flexibility index (Phi) is 10.7. The van der Waals surface area contributed by atoms with Gasteiger partial charge in [-0.3, -0.25) is 4.79 Å². The average molecular weight is 500 g/mol. The maximum absolute atomic E-state index is 11.6. The molecule has 0 bridgehead atoms. The Hall–Kier alpha value is -3.42. The summed E-state index contributed by atoms with van der Waals surface area (Å²) in [5.41, 5.74) is 2.81. The number of carbonyl (C=O) groups is 1. The summed E-state index contributed by atoms with van der Waals surface area (Å²) in [6.07, 6.45) is 1.58. The first-order valence-corrected chi connectivity index (χ1v) is 12.4. The highest BCUT2D eigenvalue weighted by molar-refractivity contribution is 7.51. The third-order valence-corrected chi connectivity index (χ3v) is 5.31. The van der Waals surface area contributed by atoms with Crippen molar-refractivity contribution in [2.45, 2.75) is 26.2 Å². The molecule has 9 heteroatoms. The molecule has 0 fully saturated rings. The first kappa shape index (κ1) is 27.8. The zero-order chi connectivity index (χ0) is 24.4. The smallest absolute Gasteiger partial charge is 0.778 e. The van der Waals surface area contributed by atoms with Crippen LogP contribution in [0.3, 0.4) is 0 Å². The van der Waals surface area contributed by atoms with Crippen LogP contribution < -0.4 is 20.5 Å². The number of rotatable bonds is 11. The van der Waals surface area contributed by atoms with E-state index in [1.165, 1.54) is 0 Å². The lowest BCUT2D eigenvalue weighted by molar-refractivity contribution is -0.194. The van der Waals surface area contributed by atoms with Crippen molar-refractivity contribution in [1.82, 2.24) is 6.15 Å². The van der Waals surface area contributed by atoms with Crippen LogP contribution in [-0.4, -0.2) is 23.1 Å². The van der Waals surface area contributed by atoms with Crippen molar-refractivity contribution in [3.63, 3.8) is 0 Å². The van der Waals surface area contributed by atoms with Gasteiger partial charge in [0, 0.05) is 0 Å². The predicted octanol–water partition coefficient (Wildman–Crippen LogP) is 4.61. The number of hydrogen-bond donors (Lipinski definition) is 2. The number of carbonyl (C=O) groups excluding carboxylic acids is 1. The molecule has 8 nitrogen and oxygen atoms in total. The Morgan fingerprint density at radius 3 is 2.06 bits per heavy atom. The van der Waals surface area contributed by atoms with Gasteiger partial charge in [-0.15, -0.1) is 0 Å². The first-order chi connectivity index (χ1) is 16.3. The number of ether oxygens (including phenoxy) is 3. The lowest BCUT2D eigenvalue weighted by Gasteiger charge is -2.16. The Morgan fingerprint density at radius 2 is 1.51 bits per heavy atom. The Bertz CT molecular complexity index is 1150. The fourth-order valence-electron chi connectivity index (χ4n) is 3.02. The summed E-state index contributed by atoms with van der Waals surface area (Å²) in [6, 6.07) is 25.0. The molecule has 0 amide bonds. The number of esters is 1. The van der Waals surface area contributed by atoms with Crippen molar-refractivity contribution in [2.75, 3.05) is 6.16 Å². The lowest BCUT2D eigenvalue weighted by atomic mass is 10.1. The van der Waals surface area contributed by atoms with E-state index in [9.17, 15) is 14.3 Å². The van der Waals surface area contributed by atoms with Crippen LogP contribution in [0.4, 0.5) is 0 Å². The van der Waals surface area contributed by atoms with E-state index in [-0.39, 0.29) is 7.58 Å². The second-order valence-corrected chi connectivity index (χ2v) is 9.20. The summed E-state index contributed by atoms with van der Waals surface area (Å²) in [4.78, 5) is 31.2. The summed E-state index contributed by atoms with van der Waals surface area (Å²) in [5, 5.41) is 0. The molecule has 0 saturated carbocycles. The molecule has 0 aromatic heterocycles. The van der Waals surface area contributed by atoms with E-state index in [2.05, 4.69) is 0 Å². The maximum Gasteiger partial charge on any atom is 1.00 e. The molecule has 3 rings (SSSR count). The molecule has 0 spiro atoms. The summed E-state index contributed by atoms with van der Waals surface area (Å²) < 4.78 is 27.8. The van der Waals surface area contributed by atoms with Crippen LogP contribution in [0.25, 0.3) is 6.08 Å². The van der Waals surface area contributed by atoms with E-state index in [1.54, 1.807) is 25.1 Å². The molecule has 0 radical (unpaired) electrons. The van der Waals surface area contributed by atoms with Gasteiger partial charge in [0.05, 0.1) is 0 Å². The quantitative estimate of drug-likeness (QED) is 0.288. The van der Waals surface area contributed by atoms with Crippen molar-refractivity contribution < 1.29 is 34.8 Å². The molecule has 3 aromatic rings. The van der Waals surface area contributed by atoms with E-state index in [0.717, 1.165) is 16.7 Å². The van der Waals surface area contributed by atoms with E-state index < -0.39 is 25.8 Å². The molecular formula is C26H30NO7P. The standard InChI is InChI=1S/C26H27O7P.H3N/c1-20(33-26(27)19-34(28,29)30)12-13-21-14-15-24(31-17-22-8-4-2-5-9-22)25(16-21)32-18-23-10-6-3-7-11-23;/h2-16,20H,17-19H2,1H3,(H2,28,29,30);1H3/b13-12+;. The summed E-state index contributed by atoms with van der Waals surface area (Å²) in [7, 11) is -4.71. The third kappa shape index (κ3) is 10.2. The van der Waals surface area contributed by atoms with Crippen LogP contribution in [0, 0.1) is 0 Å². The molecule has 0 aliphatic rings. The van der Waals surface area contributed by atoms with Gasteiger partial charge in [-0.2, -0.15) is 0 Å². The minimum atomic E-state index is -4.71. The molecule has 2 unspecified atom stereocenters. The van der Waals surface area contributed by atoms with Crippen LogP contribution in [0.5, 0.6) is 11.5 Å². The van der Waals surface area contributed by atoms with Gasteiger partial charge < -0.3 is 34.7 Å². The van der Waals surface area contributed by atoms with Crippen molar-refractivity contribution in [1.29, 1.82) is 0 Å². The Balaban J connectivity index is 0.00000324. The summed E-state index contributed by atoms with van der Waals surface area (Å²) >= 11 is 0. The molecule has 3 aromatic carbocycles. The van der Waals surface area contributed by atoms with Crippen LogP contribution in [-0.2, 0) is 27.3 Å². The van der Waals surface area contributed by atoms with Crippen LogP contribution in [0.15, 0.2) is 84.9 Å². The van der Waals surface area contributed by atoms with E-state index in [1.807, 2.05) is 72.8 Å². The summed E-state index contributed by atoms with van der Waals surface area (Å²) in [5.74, 6) is 0.124. The maximum atomic E-state index is 11.6. The minimum Gasteiger partial charge on any atom is -0.778 e. The second-order valence-electron chi connectivity index (χ2n) is 7.60. The number of benzene rings is 3. The van der Waals surface area contributed by atoms with Crippen molar-refractivity contribution >= 4 is 19.6 Å². The van der Waals surface area contributed by atoms with Gasteiger partial charge in [0.15, 0.2) is 11.5 Å². The molecule has 0 saturated heterocycles. The molecule has 0 aliphatic carbocycles. The predicted molar refractivity (Wildman–Crippen MR) is 133 cm³/mol. The van der Waals surface area contributed by atoms with Crippen LogP contribution in [0.1, 0.15) is 25.0 Å². The minimum absolute atomic E-state index is 0. The van der Waals surface area contributed by atoms with E-state index in [0.29, 0.717) is 24.7 Å².